The molecule has 1 aliphatic heterocycles. The smallest absolute Gasteiger partial charge is 0.410 e. The summed E-state index contributed by atoms with van der Waals surface area (Å²) in [7, 11) is 0. The van der Waals surface area contributed by atoms with Crippen LogP contribution in [0.3, 0.4) is 0 Å². The van der Waals surface area contributed by atoms with Crippen LogP contribution < -0.4 is 5.32 Å². The number of rotatable bonds is 4. The zero-order valence-electron chi connectivity index (χ0n) is 14.1. The molecule has 1 unspecified atom stereocenters. The Morgan fingerprint density at radius 3 is 2.95 bits per heavy atom. The van der Waals surface area contributed by atoms with Crippen molar-refractivity contribution < 1.29 is 13.9 Å². The van der Waals surface area contributed by atoms with E-state index in [9.17, 15) is 4.79 Å². The van der Waals surface area contributed by atoms with E-state index < -0.39 is 5.60 Å². The summed E-state index contributed by atoms with van der Waals surface area (Å²) < 4.78 is 10.9. The number of carbonyl (C=O) groups is 1. The number of likely N-dealkylation sites (tertiary alicyclic amines) is 1. The number of hydrogen-bond acceptors (Lipinski definition) is 4. The SMILES string of the molecule is C[C@H](NCC1CCCN(C(=O)OC(C)(C)C)C1)c1ccco1. The highest BCUT2D eigenvalue weighted by Gasteiger charge is 2.27. The van der Waals surface area contributed by atoms with Gasteiger partial charge in [0.05, 0.1) is 12.3 Å². The third-order valence-electron chi connectivity index (χ3n) is 3.85. The Morgan fingerprint density at radius 1 is 1.55 bits per heavy atom. The van der Waals surface area contributed by atoms with Crippen LogP contribution in [0.25, 0.3) is 0 Å². The normalized spacial score (nSPS) is 20.7. The second-order valence-corrected chi connectivity index (χ2v) is 7.08. The van der Waals surface area contributed by atoms with Crippen LogP contribution in [-0.4, -0.2) is 36.2 Å². The van der Waals surface area contributed by atoms with Gasteiger partial charge in [0, 0.05) is 19.6 Å². The maximum atomic E-state index is 12.2. The third-order valence-corrected chi connectivity index (χ3v) is 3.85. The maximum Gasteiger partial charge on any atom is 0.410 e. The summed E-state index contributed by atoms with van der Waals surface area (Å²) in [5.41, 5.74) is -0.434. The first-order valence-electron chi connectivity index (χ1n) is 8.10. The molecular formula is C17H28N2O3. The molecule has 22 heavy (non-hydrogen) atoms. The number of furan rings is 1. The van der Waals surface area contributed by atoms with E-state index in [1.807, 2.05) is 37.8 Å². The number of nitrogens with one attached hydrogen (secondary N) is 1. The quantitative estimate of drug-likeness (QED) is 0.923. The Bertz CT molecular complexity index is 465. The van der Waals surface area contributed by atoms with Crippen LogP contribution in [0, 0.1) is 5.92 Å². The van der Waals surface area contributed by atoms with Gasteiger partial charge in [0.15, 0.2) is 0 Å². The van der Waals surface area contributed by atoms with Gasteiger partial charge >= 0.3 is 6.09 Å². The molecule has 0 bridgehead atoms. The molecule has 2 atom stereocenters. The van der Waals surface area contributed by atoms with E-state index in [2.05, 4.69) is 12.2 Å². The van der Waals surface area contributed by atoms with Crippen molar-refractivity contribution in [1.82, 2.24) is 10.2 Å². The van der Waals surface area contributed by atoms with Gasteiger partial charge in [0.1, 0.15) is 11.4 Å². The topological polar surface area (TPSA) is 54.7 Å². The molecule has 0 spiro atoms. The van der Waals surface area contributed by atoms with E-state index in [1.54, 1.807) is 6.26 Å². The molecule has 1 saturated heterocycles. The number of nitrogens with zero attached hydrogens (tertiary/aromatic N) is 1. The lowest BCUT2D eigenvalue weighted by molar-refractivity contribution is 0.0165. The van der Waals surface area contributed by atoms with Gasteiger partial charge in [-0.15, -0.1) is 0 Å². The van der Waals surface area contributed by atoms with Gasteiger partial charge < -0.3 is 19.4 Å². The molecule has 0 radical (unpaired) electrons. The third kappa shape index (κ3) is 5.05. The molecule has 124 valence electrons. The van der Waals surface area contributed by atoms with Crippen LogP contribution in [0.2, 0.25) is 0 Å². The summed E-state index contributed by atoms with van der Waals surface area (Å²) >= 11 is 0. The molecule has 1 aromatic heterocycles. The number of hydrogen-bond donors (Lipinski definition) is 1. The molecular weight excluding hydrogens is 280 g/mol. The summed E-state index contributed by atoms with van der Waals surface area (Å²) in [6, 6.07) is 4.07. The molecule has 1 aromatic rings. The van der Waals surface area contributed by atoms with Crippen molar-refractivity contribution >= 4 is 6.09 Å². The first-order valence-corrected chi connectivity index (χ1v) is 8.10. The van der Waals surface area contributed by atoms with Crippen molar-refractivity contribution in [2.24, 2.45) is 5.92 Å². The Balaban J connectivity index is 1.79. The molecule has 5 heteroatoms. The standard InChI is InChI=1S/C17H28N2O3/c1-13(15-8-6-10-21-15)18-11-14-7-5-9-19(12-14)16(20)22-17(2,3)4/h6,8,10,13-14,18H,5,7,9,11-12H2,1-4H3/t13-,14?/m0/s1. The minimum Gasteiger partial charge on any atom is -0.468 e. The summed E-state index contributed by atoms with van der Waals surface area (Å²) in [5.74, 6) is 1.40. The highest BCUT2D eigenvalue weighted by molar-refractivity contribution is 5.68. The Hall–Kier alpha value is -1.49. The first-order chi connectivity index (χ1) is 10.3. The Labute approximate surface area is 133 Å². The zero-order valence-corrected chi connectivity index (χ0v) is 14.1. The van der Waals surface area contributed by atoms with Crippen molar-refractivity contribution in [3.63, 3.8) is 0 Å². The van der Waals surface area contributed by atoms with Gasteiger partial charge in [0.25, 0.3) is 0 Å². The second kappa shape index (κ2) is 7.18. The fourth-order valence-corrected chi connectivity index (χ4v) is 2.71. The van der Waals surface area contributed by atoms with E-state index in [0.29, 0.717) is 5.92 Å². The van der Waals surface area contributed by atoms with Crippen LogP contribution in [0.15, 0.2) is 22.8 Å². The Kier molecular flexibility index (Phi) is 5.51. The number of ether oxygens (including phenoxy) is 1. The molecule has 0 aromatic carbocycles. The first kappa shape index (κ1) is 16.9. The molecule has 1 fully saturated rings. The van der Waals surface area contributed by atoms with Crippen LogP contribution >= 0.6 is 0 Å². The van der Waals surface area contributed by atoms with E-state index >= 15 is 0 Å². The minimum atomic E-state index is -0.434. The van der Waals surface area contributed by atoms with Gasteiger partial charge in [-0.3, -0.25) is 0 Å². The van der Waals surface area contributed by atoms with Gasteiger partial charge in [-0.2, -0.15) is 0 Å². The molecule has 1 amide bonds. The number of piperidine rings is 1. The lowest BCUT2D eigenvalue weighted by Crippen LogP contribution is -2.45. The Morgan fingerprint density at radius 2 is 2.32 bits per heavy atom. The van der Waals surface area contributed by atoms with E-state index in [1.165, 1.54) is 0 Å². The highest BCUT2D eigenvalue weighted by Crippen LogP contribution is 2.20. The van der Waals surface area contributed by atoms with Crippen LogP contribution in [0.4, 0.5) is 4.79 Å². The molecule has 2 rings (SSSR count). The van der Waals surface area contributed by atoms with Crippen molar-refractivity contribution in [3.05, 3.63) is 24.2 Å². The van der Waals surface area contributed by atoms with Crippen LogP contribution in [-0.2, 0) is 4.74 Å². The average molecular weight is 308 g/mol. The summed E-state index contributed by atoms with van der Waals surface area (Å²) in [5, 5.41) is 3.49. The number of carbonyl (C=O) groups excluding carboxylic acids is 1. The molecule has 0 saturated carbocycles. The van der Waals surface area contributed by atoms with Crippen molar-refractivity contribution in [3.8, 4) is 0 Å². The van der Waals surface area contributed by atoms with Crippen LogP contribution in [0.5, 0.6) is 0 Å². The summed E-state index contributed by atoms with van der Waals surface area (Å²) in [4.78, 5) is 14.0. The maximum absolute atomic E-state index is 12.2. The molecule has 2 heterocycles. The lowest BCUT2D eigenvalue weighted by Gasteiger charge is -2.34. The average Bonchev–Trinajstić information content (AvgIpc) is 2.97. The van der Waals surface area contributed by atoms with Crippen molar-refractivity contribution in [2.45, 2.75) is 52.2 Å². The van der Waals surface area contributed by atoms with Crippen molar-refractivity contribution in [2.75, 3.05) is 19.6 Å². The fraction of sp³-hybridized carbons (Fsp3) is 0.706. The van der Waals surface area contributed by atoms with Gasteiger partial charge in [-0.25, -0.2) is 4.79 Å². The summed E-state index contributed by atoms with van der Waals surface area (Å²) in [6.07, 6.45) is 3.66. The van der Waals surface area contributed by atoms with Gasteiger partial charge in [0.2, 0.25) is 0 Å². The van der Waals surface area contributed by atoms with Crippen LogP contribution in [0.1, 0.15) is 52.3 Å². The van der Waals surface area contributed by atoms with E-state index in [4.69, 9.17) is 9.15 Å². The molecule has 1 N–H and O–H groups in total. The fourth-order valence-electron chi connectivity index (χ4n) is 2.71. The largest absolute Gasteiger partial charge is 0.468 e. The van der Waals surface area contributed by atoms with E-state index in [0.717, 1.165) is 38.2 Å². The predicted octanol–water partition coefficient (Wildman–Crippen LogP) is 3.58. The van der Waals surface area contributed by atoms with E-state index in [-0.39, 0.29) is 12.1 Å². The number of amides is 1. The summed E-state index contributed by atoms with van der Waals surface area (Å²) in [6.45, 7) is 10.2. The lowest BCUT2D eigenvalue weighted by atomic mass is 9.98. The minimum absolute atomic E-state index is 0.187. The molecule has 5 nitrogen and oxygen atoms in total. The predicted molar refractivity (Wildman–Crippen MR) is 85.7 cm³/mol. The van der Waals surface area contributed by atoms with Gasteiger partial charge in [-0.05, 0) is 58.6 Å². The van der Waals surface area contributed by atoms with Crippen molar-refractivity contribution in [1.29, 1.82) is 0 Å². The molecule has 1 aliphatic rings. The monoisotopic (exact) mass is 308 g/mol. The second-order valence-electron chi connectivity index (χ2n) is 7.08. The highest BCUT2D eigenvalue weighted by atomic mass is 16.6. The molecule has 0 aliphatic carbocycles. The van der Waals surface area contributed by atoms with Gasteiger partial charge in [-0.1, -0.05) is 0 Å². The zero-order chi connectivity index (χ0) is 16.2.